The molecule has 0 radical (unpaired) electrons. The van der Waals surface area contributed by atoms with Gasteiger partial charge in [-0.3, -0.25) is 0 Å². The predicted molar refractivity (Wildman–Crippen MR) is 89.4 cm³/mol. The highest BCUT2D eigenvalue weighted by molar-refractivity contribution is 5.93. The van der Waals surface area contributed by atoms with Crippen molar-refractivity contribution < 1.29 is 9.47 Å². The maximum Gasteiger partial charge on any atom is 0.150 e. The van der Waals surface area contributed by atoms with Gasteiger partial charge in [0.15, 0.2) is 5.75 Å². The summed E-state index contributed by atoms with van der Waals surface area (Å²) >= 11 is 0. The van der Waals surface area contributed by atoms with Gasteiger partial charge in [-0.05, 0) is 54.0 Å². The lowest BCUT2D eigenvalue weighted by Crippen LogP contribution is -2.21. The van der Waals surface area contributed by atoms with Crippen molar-refractivity contribution in [1.82, 2.24) is 0 Å². The van der Waals surface area contributed by atoms with Crippen LogP contribution in [0, 0.1) is 6.92 Å². The van der Waals surface area contributed by atoms with Crippen molar-refractivity contribution in [2.24, 2.45) is 0 Å². The van der Waals surface area contributed by atoms with E-state index in [0.717, 1.165) is 28.3 Å². The summed E-state index contributed by atoms with van der Waals surface area (Å²) in [4.78, 5) is 0. The largest absolute Gasteiger partial charge is 0.497 e. The molecule has 0 unspecified atom stereocenters. The van der Waals surface area contributed by atoms with Gasteiger partial charge in [0.1, 0.15) is 12.4 Å². The molecule has 0 saturated carbocycles. The Kier molecular flexibility index (Phi) is 2.93. The first kappa shape index (κ1) is 13.0. The van der Waals surface area contributed by atoms with Crippen molar-refractivity contribution in [1.29, 1.82) is 0 Å². The molecule has 3 heteroatoms. The molecule has 0 saturated heterocycles. The fourth-order valence-electron chi connectivity index (χ4n) is 2.99. The number of allylic oxidation sites excluding steroid dienone is 1. The molecular weight excluding hydrogens is 274 g/mol. The first-order valence-electron chi connectivity index (χ1n) is 7.36. The molecule has 4 rings (SSSR count). The summed E-state index contributed by atoms with van der Waals surface area (Å²) in [5.74, 6) is 1.83. The molecule has 2 aromatic rings. The predicted octanol–water partition coefficient (Wildman–Crippen LogP) is 2.42. The number of aryl methyl sites for hydroxylation is 1. The molecule has 2 heterocycles. The zero-order valence-corrected chi connectivity index (χ0v) is 12.6. The lowest BCUT2D eigenvalue weighted by molar-refractivity contribution is 0.387. The first-order chi connectivity index (χ1) is 10.8. The Labute approximate surface area is 129 Å². The van der Waals surface area contributed by atoms with E-state index in [9.17, 15) is 0 Å². The molecule has 0 fully saturated rings. The van der Waals surface area contributed by atoms with E-state index < -0.39 is 0 Å². The number of fused-ring (bicyclic) bond motifs is 3. The van der Waals surface area contributed by atoms with Crippen LogP contribution >= 0.6 is 0 Å². The van der Waals surface area contributed by atoms with Gasteiger partial charge in [-0.1, -0.05) is 12.1 Å². The Hall–Kier alpha value is -2.68. The third-order valence-electron chi connectivity index (χ3n) is 4.18. The number of ether oxygens (including phenoxy) is 2. The van der Waals surface area contributed by atoms with E-state index in [2.05, 4.69) is 42.6 Å². The van der Waals surface area contributed by atoms with E-state index in [-0.39, 0.29) is 0 Å². The van der Waals surface area contributed by atoms with E-state index in [1.807, 2.05) is 18.3 Å². The summed E-state index contributed by atoms with van der Waals surface area (Å²) in [5.41, 5.74) is 4.63. The van der Waals surface area contributed by atoms with Crippen molar-refractivity contribution in [2.75, 3.05) is 19.0 Å². The number of anilines is 1. The van der Waals surface area contributed by atoms with Crippen LogP contribution in [0.15, 0.2) is 36.5 Å². The van der Waals surface area contributed by atoms with E-state index in [0.29, 0.717) is 6.61 Å². The summed E-state index contributed by atoms with van der Waals surface area (Å²) in [7, 11) is 1.68. The van der Waals surface area contributed by atoms with Crippen LogP contribution in [0.3, 0.4) is 0 Å². The van der Waals surface area contributed by atoms with Crippen molar-refractivity contribution in [3.63, 3.8) is 0 Å². The Bertz CT molecular complexity index is 893. The summed E-state index contributed by atoms with van der Waals surface area (Å²) in [6.45, 7) is 2.79. The number of nitrogens with one attached hydrogen (secondary N) is 1. The fraction of sp³-hybridized carbons (Fsp3) is 0.158. The van der Waals surface area contributed by atoms with Crippen molar-refractivity contribution in [2.45, 2.75) is 6.92 Å². The molecule has 2 aromatic carbocycles. The van der Waals surface area contributed by atoms with Crippen LogP contribution in [-0.4, -0.2) is 13.7 Å². The van der Waals surface area contributed by atoms with E-state index in [1.54, 1.807) is 7.11 Å². The standard InChI is InChI=1S/C19H17NO2/c1-12-9-14-7-8-22-19(14)18-17(12)10-15(11-20-18)13-3-5-16(21-2)6-4-13/h3-7,9-11,20H,8H2,1-2H3. The minimum absolute atomic E-state index is 0.655. The molecule has 0 atom stereocenters. The molecule has 0 bridgehead atoms. The van der Waals surface area contributed by atoms with Crippen LogP contribution < -0.4 is 25.2 Å². The minimum atomic E-state index is 0.655. The second kappa shape index (κ2) is 4.95. The summed E-state index contributed by atoms with van der Waals surface area (Å²) in [5, 5.41) is 5.79. The number of hydrogen-bond donors (Lipinski definition) is 1. The molecule has 0 amide bonds. The van der Waals surface area contributed by atoms with Crippen LogP contribution in [0.5, 0.6) is 11.5 Å². The number of benzene rings is 2. The highest BCUT2D eigenvalue weighted by Gasteiger charge is 2.16. The van der Waals surface area contributed by atoms with E-state index in [1.165, 1.54) is 16.0 Å². The summed E-state index contributed by atoms with van der Waals surface area (Å²) in [6.07, 6.45) is 6.36. The van der Waals surface area contributed by atoms with Crippen molar-refractivity contribution in [3.8, 4) is 11.5 Å². The van der Waals surface area contributed by atoms with Gasteiger partial charge in [0.2, 0.25) is 0 Å². The molecule has 2 aliphatic rings. The van der Waals surface area contributed by atoms with Gasteiger partial charge in [-0.25, -0.2) is 0 Å². The molecule has 110 valence electrons. The van der Waals surface area contributed by atoms with E-state index in [4.69, 9.17) is 9.47 Å². The molecule has 0 aliphatic carbocycles. The van der Waals surface area contributed by atoms with Gasteiger partial charge >= 0.3 is 0 Å². The Morgan fingerprint density at radius 3 is 2.77 bits per heavy atom. The van der Waals surface area contributed by atoms with Crippen molar-refractivity contribution in [3.05, 3.63) is 58.1 Å². The number of rotatable bonds is 2. The zero-order chi connectivity index (χ0) is 15.1. The maximum atomic E-state index is 5.74. The Morgan fingerprint density at radius 2 is 2.00 bits per heavy atom. The van der Waals surface area contributed by atoms with Crippen LogP contribution in [0.1, 0.15) is 11.1 Å². The third kappa shape index (κ3) is 1.98. The quantitative estimate of drug-likeness (QED) is 0.922. The van der Waals surface area contributed by atoms with Crippen LogP contribution in [0.25, 0.3) is 17.7 Å². The van der Waals surface area contributed by atoms with Gasteiger partial charge in [0.05, 0.1) is 12.8 Å². The normalized spacial score (nSPS) is 14.5. The second-order valence-electron chi connectivity index (χ2n) is 5.53. The van der Waals surface area contributed by atoms with Crippen LogP contribution in [-0.2, 0) is 0 Å². The molecule has 2 aliphatic heterocycles. The Morgan fingerprint density at radius 1 is 1.18 bits per heavy atom. The van der Waals surface area contributed by atoms with Gasteiger partial charge < -0.3 is 14.8 Å². The lowest BCUT2D eigenvalue weighted by Gasteiger charge is -2.16. The third-order valence-corrected chi connectivity index (χ3v) is 4.18. The maximum absolute atomic E-state index is 5.74. The average Bonchev–Trinajstić information content (AvgIpc) is 3.03. The first-order valence-corrected chi connectivity index (χ1v) is 7.36. The fourth-order valence-corrected chi connectivity index (χ4v) is 2.99. The molecular formula is C19H17NO2. The van der Waals surface area contributed by atoms with Gasteiger partial charge in [0, 0.05) is 16.6 Å². The lowest BCUT2D eigenvalue weighted by atomic mass is 9.99. The summed E-state index contributed by atoms with van der Waals surface area (Å²) in [6, 6.07) is 10.3. The molecule has 3 nitrogen and oxygen atoms in total. The van der Waals surface area contributed by atoms with Crippen molar-refractivity contribution >= 4 is 23.4 Å². The van der Waals surface area contributed by atoms with E-state index >= 15 is 0 Å². The molecule has 22 heavy (non-hydrogen) atoms. The van der Waals surface area contributed by atoms with Crippen LogP contribution in [0.4, 0.5) is 5.69 Å². The van der Waals surface area contributed by atoms with Crippen LogP contribution in [0.2, 0.25) is 0 Å². The smallest absolute Gasteiger partial charge is 0.150 e. The molecule has 1 N–H and O–H groups in total. The Balaban J connectivity index is 1.83. The highest BCUT2D eigenvalue weighted by Crippen LogP contribution is 2.26. The number of hydrogen-bond acceptors (Lipinski definition) is 3. The summed E-state index contributed by atoms with van der Waals surface area (Å²) < 4.78 is 11.0. The number of methoxy groups -OCH3 is 1. The monoisotopic (exact) mass is 291 g/mol. The zero-order valence-electron chi connectivity index (χ0n) is 12.6. The minimum Gasteiger partial charge on any atom is -0.497 e. The van der Waals surface area contributed by atoms with Gasteiger partial charge in [0.25, 0.3) is 0 Å². The second-order valence-corrected chi connectivity index (χ2v) is 5.53. The average molecular weight is 291 g/mol. The van der Waals surface area contributed by atoms with Gasteiger partial charge in [-0.15, -0.1) is 0 Å². The highest BCUT2D eigenvalue weighted by atomic mass is 16.5. The molecule has 0 aromatic heterocycles. The topological polar surface area (TPSA) is 30.5 Å². The van der Waals surface area contributed by atoms with Gasteiger partial charge in [-0.2, -0.15) is 0 Å². The molecule has 0 spiro atoms. The SMILES string of the molecule is COc1ccc(C2=CNc3c4c(cc(C)c3=C2)=CCO4)cc1.